The first kappa shape index (κ1) is 15.7. The van der Waals surface area contributed by atoms with Gasteiger partial charge in [0.2, 0.25) is 0 Å². The minimum absolute atomic E-state index is 0.184. The summed E-state index contributed by atoms with van der Waals surface area (Å²) in [5.41, 5.74) is 4.52. The summed E-state index contributed by atoms with van der Waals surface area (Å²) in [6, 6.07) is 13.5. The molecule has 2 rings (SSSR count). The first-order chi connectivity index (χ1) is 10.1. The van der Waals surface area contributed by atoms with Gasteiger partial charge in [-0.2, -0.15) is 0 Å². The van der Waals surface area contributed by atoms with Crippen molar-refractivity contribution in [3.05, 3.63) is 59.4 Å². The van der Waals surface area contributed by atoms with Crippen LogP contribution in [0.15, 0.2) is 42.5 Å². The number of hydrogen-bond acceptors (Lipinski definition) is 1. The van der Waals surface area contributed by atoms with Crippen LogP contribution < -0.4 is 5.32 Å². The Morgan fingerprint density at radius 1 is 1.05 bits per heavy atom. The summed E-state index contributed by atoms with van der Waals surface area (Å²) in [5, 5.41) is 3.31. The second-order valence-electron chi connectivity index (χ2n) is 5.88. The molecule has 0 fully saturated rings. The Hall–Kier alpha value is -1.67. The summed E-state index contributed by atoms with van der Waals surface area (Å²) < 4.78 is 13.6. The quantitative estimate of drug-likeness (QED) is 0.804. The summed E-state index contributed by atoms with van der Waals surface area (Å²) in [5.74, 6) is 0.464. The Balaban J connectivity index is 2.29. The van der Waals surface area contributed by atoms with Gasteiger partial charge >= 0.3 is 0 Å². The van der Waals surface area contributed by atoms with E-state index in [1.807, 2.05) is 6.07 Å². The normalized spacial score (nSPS) is 11.1. The lowest BCUT2D eigenvalue weighted by molar-refractivity contribution is 0.626. The topological polar surface area (TPSA) is 12.0 Å². The van der Waals surface area contributed by atoms with Crippen molar-refractivity contribution in [3.63, 3.8) is 0 Å². The van der Waals surface area contributed by atoms with E-state index >= 15 is 0 Å². The van der Waals surface area contributed by atoms with Crippen LogP contribution >= 0.6 is 0 Å². The number of halogens is 1. The van der Waals surface area contributed by atoms with Gasteiger partial charge in [0.25, 0.3) is 0 Å². The molecule has 0 heterocycles. The Bertz CT molecular complexity index is 573. The standard InChI is InChI=1S/C19H24FN/c1-4-21-13-17-9-10-18(20)12-19(17)16-7-5-15(6-8-16)11-14(2)3/h5-10,12,14,21H,4,11,13H2,1-3H3. The lowest BCUT2D eigenvalue weighted by atomic mass is 9.96. The SMILES string of the molecule is CCNCc1ccc(F)cc1-c1ccc(CC(C)C)cc1. The largest absolute Gasteiger partial charge is 0.313 e. The van der Waals surface area contributed by atoms with Gasteiger partial charge in [0, 0.05) is 6.54 Å². The van der Waals surface area contributed by atoms with Gasteiger partial charge in [0.05, 0.1) is 0 Å². The van der Waals surface area contributed by atoms with Gasteiger partial charge < -0.3 is 5.32 Å². The van der Waals surface area contributed by atoms with Gasteiger partial charge in [-0.25, -0.2) is 4.39 Å². The summed E-state index contributed by atoms with van der Waals surface area (Å²) >= 11 is 0. The van der Waals surface area contributed by atoms with Crippen LogP contribution in [0.1, 0.15) is 31.9 Å². The summed E-state index contributed by atoms with van der Waals surface area (Å²) in [4.78, 5) is 0. The van der Waals surface area contributed by atoms with Crippen molar-refractivity contribution >= 4 is 0 Å². The highest BCUT2D eigenvalue weighted by Crippen LogP contribution is 2.25. The molecule has 0 aliphatic heterocycles. The van der Waals surface area contributed by atoms with Crippen LogP contribution in [0.3, 0.4) is 0 Å². The van der Waals surface area contributed by atoms with Crippen LogP contribution in [0.25, 0.3) is 11.1 Å². The molecule has 0 aromatic heterocycles. The number of benzene rings is 2. The Labute approximate surface area is 127 Å². The average Bonchev–Trinajstić information content (AvgIpc) is 2.46. The van der Waals surface area contributed by atoms with Crippen molar-refractivity contribution in [2.75, 3.05) is 6.54 Å². The molecule has 0 spiro atoms. The van der Waals surface area contributed by atoms with E-state index in [0.29, 0.717) is 5.92 Å². The fourth-order valence-corrected chi connectivity index (χ4v) is 2.52. The minimum Gasteiger partial charge on any atom is -0.313 e. The fourth-order valence-electron chi connectivity index (χ4n) is 2.52. The highest BCUT2D eigenvalue weighted by Gasteiger charge is 2.07. The molecule has 2 aromatic rings. The third kappa shape index (κ3) is 4.40. The van der Waals surface area contributed by atoms with Gasteiger partial charge in [0.15, 0.2) is 0 Å². The van der Waals surface area contributed by atoms with Crippen LogP contribution in [0.5, 0.6) is 0 Å². The molecule has 0 amide bonds. The third-order valence-corrected chi connectivity index (χ3v) is 3.55. The molecule has 0 saturated carbocycles. The average molecular weight is 285 g/mol. The van der Waals surface area contributed by atoms with E-state index in [4.69, 9.17) is 0 Å². The Kier molecular flexibility index (Phi) is 5.51. The van der Waals surface area contributed by atoms with E-state index in [2.05, 4.69) is 50.4 Å². The van der Waals surface area contributed by atoms with Crippen molar-refractivity contribution in [3.8, 4) is 11.1 Å². The molecule has 0 bridgehead atoms. The van der Waals surface area contributed by atoms with Crippen molar-refractivity contribution in [1.82, 2.24) is 5.32 Å². The summed E-state index contributed by atoms with van der Waals surface area (Å²) in [6.07, 6.45) is 1.08. The molecule has 112 valence electrons. The molecular weight excluding hydrogens is 261 g/mol. The molecule has 0 unspecified atom stereocenters. The van der Waals surface area contributed by atoms with Crippen LogP contribution in [-0.2, 0) is 13.0 Å². The van der Waals surface area contributed by atoms with Gasteiger partial charge in [-0.1, -0.05) is 51.1 Å². The highest BCUT2D eigenvalue weighted by molar-refractivity contribution is 5.67. The smallest absolute Gasteiger partial charge is 0.123 e. The van der Waals surface area contributed by atoms with E-state index in [-0.39, 0.29) is 5.82 Å². The predicted molar refractivity (Wildman–Crippen MR) is 87.8 cm³/mol. The van der Waals surface area contributed by atoms with E-state index < -0.39 is 0 Å². The molecule has 0 aliphatic rings. The lowest BCUT2D eigenvalue weighted by Crippen LogP contribution is -2.12. The molecule has 0 radical (unpaired) electrons. The van der Waals surface area contributed by atoms with Crippen LogP contribution in [-0.4, -0.2) is 6.54 Å². The number of nitrogens with one attached hydrogen (secondary N) is 1. The molecular formula is C19H24FN. The zero-order valence-electron chi connectivity index (χ0n) is 13.1. The molecule has 1 nitrogen and oxygen atoms in total. The maximum atomic E-state index is 13.6. The van der Waals surface area contributed by atoms with Crippen molar-refractivity contribution in [2.24, 2.45) is 5.92 Å². The van der Waals surface area contributed by atoms with Crippen molar-refractivity contribution in [2.45, 2.75) is 33.7 Å². The number of rotatable bonds is 6. The van der Waals surface area contributed by atoms with E-state index in [1.165, 1.54) is 11.6 Å². The molecule has 2 aromatic carbocycles. The zero-order valence-corrected chi connectivity index (χ0v) is 13.1. The van der Waals surface area contributed by atoms with E-state index in [1.54, 1.807) is 6.07 Å². The third-order valence-electron chi connectivity index (χ3n) is 3.55. The van der Waals surface area contributed by atoms with Crippen molar-refractivity contribution in [1.29, 1.82) is 0 Å². The molecule has 21 heavy (non-hydrogen) atoms. The minimum atomic E-state index is -0.184. The maximum Gasteiger partial charge on any atom is 0.123 e. The van der Waals surface area contributed by atoms with E-state index in [9.17, 15) is 4.39 Å². The molecule has 0 atom stereocenters. The lowest BCUT2D eigenvalue weighted by Gasteiger charge is -2.12. The van der Waals surface area contributed by atoms with Gasteiger partial charge in [-0.15, -0.1) is 0 Å². The van der Waals surface area contributed by atoms with Gasteiger partial charge in [0.1, 0.15) is 5.82 Å². The molecule has 1 N–H and O–H groups in total. The molecule has 2 heteroatoms. The predicted octanol–water partition coefficient (Wildman–Crippen LogP) is 4.80. The van der Waals surface area contributed by atoms with Crippen molar-refractivity contribution < 1.29 is 4.39 Å². The highest BCUT2D eigenvalue weighted by atomic mass is 19.1. The fraction of sp³-hybridized carbons (Fsp3) is 0.368. The Morgan fingerprint density at radius 3 is 2.38 bits per heavy atom. The second kappa shape index (κ2) is 7.37. The second-order valence-corrected chi connectivity index (χ2v) is 5.88. The Morgan fingerprint density at radius 2 is 1.76 bits per heavy atom. The first-order valence-corrected chi connectivity index (χ1v) is 7.68. The van der Waals surface area contributed by atoms with E-state index in [0.717, 1.165) is 36.2 Å². The van der Waals surface area contributed by atoms with Crippen LogP contribution in [0.4, 0.5) is 4.39 Å². The number of hydrogen-bond donors (Lipinski definition) is 1. The maximum absolute atomic E-state index is 13.6. The summed E-state index contributed by atoms with van der Waals surface area (Å²) in [7, 11) is 0. The zero-order chi connectivity index (χ0) is 15.2. The summed E-state index contributed by atoms with van der Waals surface area (Å²) in [6.45, 7) is 8.18. The molecule has 0 aliphatic carbocycles. The molecule has 0 saturated heterocycles. The van der Waals surface area contributed by atoms with Crippen LogP contribution in [0.2, 0.25) is 0 Å². The van der Waals surface area contributed by atoms with Crippen LogP contribution in [0, 0.1) is 11.7 Å². The van der Waals surface area contributed by atoms with Gasteiger partial charge in [-0.3, -0.25) is 0 Å². The first-order valence-electron chi connectivity index (χ1n) is 7.68. The van der Waals surface area contributed by atoms with Gasteiger partial charge in [-0.05, 0) is 53.3 Å². The monoisotopic (exact) mass is 285 g/mol.